The normalized spacial score (nSPS) is 11.0. The average Bonchev–Trinajstić information content (AvgIpc) is 2.67. The molecule has 0 fully saturated rings. The number of hydrogen-bond donors (Lipinski definition) is 2. The van der Waals surface area contributed by atoms with Crippen molar-refractivity contribution in [3.05, 3.63) is 58.6 Å². The van der Waals surface area contributed by atoms with E-state index in [-0.39, 0.29) is 23.6 Å². The summed E-state index contributed by atoms with van der Waals surface area (Å²) in [5.41, 5.74) is 0.232. The predicted molar refractivity (Wildman–Crippen MR) is 105 cm³/mol. The van der Waals surface area contributed by atoms with Crippen LogP contribution in [0.2, 0.25) is 5.02 Å². The van der Waals surface area contributed by atoms with Gasteiger partial charge in [0.15, 0.2) is 6.61 Å². The van der Waals surface area contributed by atoms with Gasteiger partial charge in [-0.25, -0.2) is 0 Å². The fraction of sp³-hybridized carbons (Fsp3) is 0.250. The molecule has 0 heterocycles. The Morgan fingerprint density at radius 1 is 0.967 bits per heavy atom. The molecular weight excluding hydrogens is 425 g/mol. The third kappa shape index (κ3) is 7.07. The van der Waals surface area contributed by atoms with Crippen LogP contribution in [0.4, 0.5) is 24.5 Å². The van der Waals surface area contributed by atoms with Crippen molar-refractivity contribution in [1.82, 2.24) is 0 Å². The molecule has 0 aromatic heterocycles. The Hall–Kier alpha value is -3.07. The van der Waals surface area contributed by atoms with Crippen LogP contribution >= 0.6 is 11.6 Å². The summed E-state index contributed by atoms with van der Waals surface area (Å²) in [5, 5.41) is 4.71. The Morgan fingerprint density at radius 3 is 2.30 bits per heavy atom. The Labute approximate surface area is 175 Å². The third-order valence-corrected chi connectivity index (χ3v) is 4.24. The molecule has 30 heavy (non-hydrogen) atoms. The van der Waals surface area contributed by atoms with Crippen molar-refractivity contribution in [2.24, 2.45) is 0 Å². The minimum atomic E-state index is -4.60. The molecule has 0 saturated heterocycles. The van der Waals surface area contributed by atoms with Crippen LogP contribution in [0.15, 0.2) is 42.5 Å². The summed E-state index contributed by atoms with van der Waals surface area (Å²) in [6, 6.07) is 9.57. The van der Waals surface area contributed by atoms with Crippen LogP contribution in [0.25, 0.3) is 0 Å². The highest BCUT2D eigenvalue weighted by molar-refractivity contribution is 6.33. The highest BCUT2D eigenvalue weighted by atomic mass is 35.5. The van der Waals surface area contributed by atoms with Crippen LogP contribution in [0.5, 0.6) is 0 Å². The monoisotopic (exact) mass is 442 g/mol. The van der Waals surface area contributed by atoms with Gasteiger partial charge in [0.1, 0.15) is 0 Å². The lowest BCUT2D eigenvalue weighted by atomic mass is 10.2. The maximum atomic E-state index is 12.7. The first kappa shape index (κ1) is 23.2. The van der Waals surface area contributed by atoms with Crippen LogP contribution in [-0.4, -0.2) is 24.4 Å². The van der Waals surface area contributed by atoms with Gasteiger partial charge in [-0.15, -0.1) is 0 Å². The maximum absolute atomic E-state index is 12.7. The first-order valence-electron chi connectivity index (χ1n) is 8.74. The zero-order chi connectivity index (χ0) is 22.3. The van der Waals surface area contributed by atoms with Crippen molar-refractivity contribution in [2.45, 2.75) is 25.9 Å². The molecule has 2 amide bonds. The Kier molecular flexibility index (Phi) is 7.82. The fourth-order valence-corrected chi connectivity index (χ4v) is 2.51. The van der Waals surface area contributed by atoms with Crippen molar-refractivity contribution in [1.29, 1.82) is 0 Å². The number of para-hydroxylation sites is 1. The van der Waals surface area contributed by atoms with Crippen molar-refractivity contribution < 1.29 is 32.3 Å². The van der Waals surface area contributed by atoms with Gasteiger partial charge in [0, 0.05) is 12.1 Å². The lowest BCUT2D eigenvalue weighted by Gasteiger charge is -2.12. The van der Waals surface area contributed by atoms with E-state index in [1.165, 1.54) is 0 Å². The number of ether oxygens (including phenoxy) is 1. The molecule has 2 N–H and O–H groups in total. The van der Waals surface area contributed by atoms with Gasteiger partial charge in [-0.1, -0.05) is 29.8 Å². The number of rotatable bonds is 7. The largest absolute Gasteiger partial charge is 0.456 e. The summed E-state index contributed by atoms with van der Waals surface area (Å²) >= 11 is 5.78. The van der Waals surface area contributed by atoms with Crippen LogP contribution in [0.3, 0.4) is 0 Å². The number of esters is 1. The van der Waals surface area contributed by atoms with Gasteiger partial charge in [-0.05, 0) is 36.8 Å². The standard InChI is InChI=1S/C20H18ClF3N2O4/c1-12-4-2-3-5-15(12)25-17(27)8-9-19(29)30-11-18(28)26-16-10-13(20(22,23)24)6-7-14(16)21/h2-7,10H,8-9,11H2,1H3,(H,25,27)(H,26,28). The van der Waals surface area contributed by atoms with E-state index in [1.807, 2.05) is 19.1 Å². The second kappa shape index (κ2) is 10.1. The van der Waals surface area contributed by atoms with E-state index in [1.54, 1.807) is 12.1 Å². The van der Waals surface area contributed by atoms with E-state index in [2.05, 4.69) is 10.6 Å². The number of halogens is 4. The number of carbonyl (C=O) groups is 3. The molecule has 0 radical (unpaired) electrons. The zero-order valence-corrected chi connectivity index (χ0v) is 16.6. The van der Waals surface area contributed by atoms with Crippen LogP contribution in [-0.2, 0) is 25.3 Å². The number of hydrogen-bond acceptors (Lipinski definition) is 4. The molecule has 0 unspecified atom stereocenters. The van der Waals surface area contributed by atoms with E-state index >= 15 is 0 Å². The third-order valence-electron chi connectivity index (χ3n) is 3.91. The van der Waals surface area contributed by atoms with Crippen LogP contribution in [0.1, 0.15) is 24.0 Å². The zero-order valence-electron chi connectivity index (χ0n) is 15.8. The Morgan fingerprint density at radius 2 is 1.63 bits per heavy atom. The number of nitrogens with one attached hydrogen (secondary N) is 2. The molecule has 160 valence electrons. The number of alkyl halides is 3. The lowest BCUT2D eigenvalue weighted by Crippen LogP contribution is -2.22. The molecule has 10 heteroatoms. The first-order chi connectivity index (χ1) is 14.1. The maximum Gasteiger partial charge on any atom is 0.416 e. The highest BCUT2D eigenvalue weighted by Crippen LogP contribution is 2.33. The van der Waals surface area contributed by atoms with Gasteiger partial charge >= 0.3 is 12.1 Å². The smallest absolute Gasteiger partial charge is 0.416 e. The number of aryl methyl sites for hydroxylation is 1. The molecule has 2 rings (SSSR count). The van der Waals surface area contributed by atoms with Gasteiger partial charge in [0.2, 0.25) is 5.91 Å². The van der Waals surface area contributed by atoms with Gasteiger partial charge < -0.3 is 15.4 Å². The SMILES string of the molecule is Cc1ccccc1NC(=O)CCC(=O)OCC(=O)Nc1cc(C(F)(F)F)ccc1Cl. The van der Waals surface area contributed by atoms with Crippen molar-refractivity contribution >= 4 is 40.8 Å². The second-order valence-electron chi connectivity index (χ2n) is 6.26. The van der Waals surface area contributed by atoms with Gasteiger partial charge in [-0.3, -0.25) is 14.4 Å². The molecule has 0 bridgehead atoms. The van der Waals surface area contributed by atoms with E-state index in [0.29, 0.717) is 11.8 Å². The summed E-state index contributed by atoms with van der Waals surface area (Å²) < 4.78 is 43.0. The minimum absolute atomic E-state index is 0.101. The van der Waals surface area contributed by atoms with Gasteiger partial charge in [-0.2, -0.15) is 13.2 Å². The molecule has 6 nitrogen and oxygen atoms in total. The quantitative estimate of drug-likeness (QED) is 0.615. The van der Waals surface area contributed by atoms with Crippen molar-refractivity contribution in [3.8, 4) is 0 Å². The van der Waals surface area contributed by atoms with E-state index in [0.717, 1.165) is 17.7 Å². The molecule has 0 atom stereocenters. The molecule has 0 aliphatic heterocycles. The van der Waals surface area contributed by atoms with Crippen LogP contribution < -0.4 is 10.6 Å². The summed E-state index contributed by atoms with van der Waals surface area (Å²) in [4.78, 5) is 35.5. The predicted octanol–water partition coefficient (Wildman–Crippen LogP) is 4.57. The highest BCUT2D eigenvalue weighted by Gasteiger charge is 2.31. The van der Waals surface area contributed by atoms with E-state index in [4.69, 9.17) is 16.3 Å². The molecule has 0 spiro atoms. The summed E-state index contributed by atoms with van der Waals surface area (Å²) in [6.07, 6.45) is -5.03. The molecule has 2 aromatic rings. The van der Waals surface area contributed by atoms with E-state index in [9.17, 15) is 27.6 Å². The van der Waals surface area contributed by atoms with E-state index < -0.39 is 36.1 Å². The summed E-state index contributed by atoms with van der Waals surface area (Å²) in [7, 11) is 0. The van der Waals surface area contributed by atoms with Crippen molar-refractivity contribution in [2.75, 3.05) is 17.2 Å². The van der Waals surface area contributed by atoms with Gasteiger partial charge in [0.05, 0.1) is 22.7 Å². The molecule has 2 aromatic carbocycles. The fourth-order valence-electron chi connectivity index (χ4n) is 2.34. The lowest BCUT2D eigenvalue weighted by molar-refractivity contribution is -0.147. The summed E-state index contributed by atoms with van der Waals surface area (Å²) in [5.74, 6) is -2.07. The summed E-state index contributed by atoms with van der Waals surface area (Å²) in [6.45, 7) is 1.09. The topological polar surface area (TPSA) is 84.5 Å². The molecular formula is C20H18ClF3N2O4. The molecule has 0 aliphatic rings. The van der Waals surface area contributed by atoms with Crippen LogP contribution in [0, 0.1) is 6.92 Å². The first-order valence-corrected chi connectivity index (χ1v) is 9.12. The molecule has 0 saturated carbocycles. The van der Waals surface area contributed by atoms with Crippen molar-refractivity contribution in [3.63, 3.8) is 0 Å². The number of amides is 2. The minimum Gasteiger partial charge on any atom is -0.456 e. The van der Waals surface area contributed by atoms with Gasteiger partial charge in [0.25, 0.3) is 5.91 Å². The average molecular weight is 443 g/mol. The number of anilines is 2. The number of carbonyl (C=O) groups excluding carboxylic acids is 3. The molecule has 0 aliphatic carbocycles. The number of benzene rings is 2. The second-order valence-corrected chi connectivity index (χ2v) is 6.67. The Balaban J connectivity index is 1.79. The Bertz CT molecular complexity index is 948.